The number of likely N-dealkylation sites (N-methyl/N-ethyl adjacent to an activating group) is 1. The second-order valence-electron chi connectivity index (χ2n) is 7.73. The zero-order valence-electron chi connectivity index (χ0n) is 17.4. The molecule has 160 valence electrons. The van der Waals surface area contributed by atoms with Gasteiger partial charge < -0.3 is 10.2 Å². The van der Waals surface area contributed by atoms with Crippen LogP contribution < -0.4 is 9.62 Å². The van der Waals surface area contributed by atoms with Gasteiger partial charge in [-0.2, -0.15) is 0 Å². The van der Waals surface area contributed by atoms with E-state index in [2.05, 4.69) is 29.0 Å². The Labute approximate surface area is 174 Å². The minimum absolute atomic E-state index is 0.116. The number of benzene rings is 1. The third-order valence-electron chi connectivity index (χ3n) is 5.76. The van der Waals surface area contributed by atoms with E-state index in [0.717, 1.165) is 38.3 Å². The predicted molar refractivity (Wildman–Crippen MR) is 117 cm³/mol. The lowest BCUT2D eigenvalue weighted by molar-refractivity contribution is -0.116. The normalized spacial score (nSPS) is 21.5. The fourth-order valence-corrected chi connectivity index (χ4v) is 5.37. The number of hydrogen-bond acceptors (Lipinski definition) is 5. The number of sulfonamides is 1. The molecule has 2 aliphatic heterocycles. The molecule has 0 aromatic heterocycles. The molecule has 0 radical (unpaired) electrons. The van der Waals surface area contributed by atoms with Crippen molar-refractivity contribution >= 4 is 27.7 Å². The van der Waals surface area contributed by atoms with Crippen LogP contribution in [0.3, 0.4) is 0 Å². The predicted octanol–water partition coefficient (Wildman–Crippen LogP) is 1.38. The van der Waals surface area contributed by atoms with Crippen molar-refractivity contribution in [2.24, 2.45) is 0 Å². The van der Waals surface area contributed by atoms with Crippen molar-refractivity contribution < 1.29 is 13.2 Å². The van der Waals surface area contributed by atoms with Crippen LogP contribution in [0.5, 0.6) is 0 Å². The number of amides is 1. The number of rotatable bonds is 7. The number of carbonyl (C=O) groups excluding carboxylic acids is 1. The van der Waals surface area contributed by atoms with E-state index in [-0.39, 0.29) is 11.7 Å². The summed E-state index contributed by atoms with van der Waals surface area (Å²) < 4.78 is 25.4. The van der Waals surface area contributed by atoms with E-state index in [1.165, 1.54) is 10.4 Å². The van der Waals surface area contributed by atoms with Crippen molar-refractivity contribution in [1.29, 1.82) is 0 Å². The van der Waals surface area contributed by atoms with Crippen LogP contribution in [0.2, 0.25) is 0 Å². The van der Waals surface area contributed by atoms with Crippen LogP contribution in [0.15, 0.2) is 30.3 Å². The second-order valence-corrected chi connectivity index (χ2v) is 9.74. The molecule has 0 aliphatic carbocycles. The molecular formula is C21H32N4O3S. The lowest BCUT2D eigenvalue weighted by Crippen LogP contribution is -2.52. The van der Waals surface area contributed by atoms with Gasteiger partial charge in [-0.25, -0.2) is 8.42 Å². The first-order chi connectivity index (χ1) is 13.9. The van der Waals surface area contributed by atoms with Crippen LogP contribution in [0.1, 0.15) is 25.8 Å². The number of nitrogens with one attached hydrogen (secondary N) is 1. The fraction of sp³-hybridized carbons (Fsp3) is 0.571. The topological polar surface area (TPSA) is 73.0 Å². The summed E-state index contributed by atoms with van der Waals surface area (Å²) in [4.78, 5) is 17.0. The van der Waals surface area contributed by atoms with Crippen molar-refractivity contribution in [2.75, 3.05) is 55.9 Å². The summed E-state index contributed by atoms with van der Waals surface area (Å²) >= 11 is 0. The summed E-state index contributed by atoms with van der Waals surface area (Å²) in [6, 6.07) is 7.57. The van der Waals surface area contributed by atoms with Gasteiger partial charge in [0.25, 0.3) is 0 Å². The van der Waals surface area contributed by atoms with Gasteiger partial charge in [-0.1, -0.05) is 19.1 Å². The van der Waals surface area contributed by atoms with Gasteiger partial charge in [-0.15, -0.1) is 0 Å². The van der Waals surface area contributed by atoms with E-state index >= 15 is 0 Å². The summed E-state index contributed by atoms with van der Waals surface area (Å²) in [5, 5.41) is 2.97. The number of carbonyl (C=O) groups is 1. The lowest BCUT2D eigenvalue weighted by Gasteiger charge is -2.37. The lowest BCUT2D eigenvalue weighted by atomic mass is 10.2. The molecular weight excluding hydrogens is 388 g/mol. The Bertz CT molecular complexity index is 815. The maximum absolute atomic E-state index is 12.2. The average Bonchev–Trinajstić information content (AvgIpc) is 3.09. The van der Waals surface area contributed by atoms with Crippen LogP contribution >= 0.6 is 0 Å². The third kappa shape index (κ3) is 5.81. The van der Waals surface area contributed by atoms with Gasteiger partial charge in [0, 0.05) is 51.4 Å². The molecule has 29 heavy (non-hydrogen) atoms. The minimum Gasteiger partial charge on any atom is -0.351 e. The number of nitrogens with zero attached hydrogens (tertiary/aromatic N) is 3. The first kappa shape index (κ1) is 21.8. The van der Waals surface area contributed by atoms with Crippen molar-refractivity contribution in [3.63, 3.8) is 0 Å². The van der Waals surface area contributed by atoms with E-state index in [0.29, 0.717) is 31.2 Å². The molecule has 1 aromatic carbocycles. The van der Waals surface area contributed by atoms with Crippen molar-refractivity contribution in [2.45, 2.75) is 26.3 Å². The van der Waals surface area contributed by atoms with Crippen molar-refractivity contribution in [3.05, 3.63) is 35.9 Å². The largest absolute Gasteiger partial charge is 0.351 e. The molecule has 0 spiro atoms. The minimum atomic E-state index is -3.16. The summed E-state index contributed by atoms with van der Waals surface area (Å²) in [5.41, 5.74) is 1.55. The molecule has 2 saturated heterocycles. The maximum Gasteiger partial charge on any atom is 0.244 e. The molecule has 1 atom stereocenters. The van der Waals surface area contributed by atoms with Crippen LogP contribution in [-0.2, 0) is 14.8 Å². The van der Waals surface area contributed by atoms with Crippen molar-refractivity contribution in [3.8, 4) is 0 Å². The molecule has 2 aliphatic rings. The average molecular weight is 421 g/mol. The van der Waals surface area contributed by atoms with Gasteiger partial charge in [-0.05, 0) is 43.7 Å². The molecule has 1 N–H and O–H groups in total. The highest BCUT2D eigenvalue weighted by Gasteiger charge is 2.28. The molecule has 0 bridgehead atoms. The molecule has 0 saturated carbocycles. The van der Waals surface area contributed by atoms with Gasteiger partial charge in [0.2, 0.25) is 15.9 Å². The molecule has 3 rings (SSSR count). The highest BCUT2D eigenvalue weighted by atomic mass is 32.2. The van der Waals surface area contributed by atoms with Gasteiger partial charge >= 0.3 is 0 Å². The molecule has 1 unspecified atom stereocenters. The smallest absolute Gasteiger partial charge is 0.244 e. The summed E-state index contributed by atoms with van der Waals surface area (Å²) in [6.07, 6.45) is 3.95. The molecule has 8 heteroatoms. The Morgan fingerprint density at radius 2 is 1.83 bits per heavy atom. The number of hydrogen-bond donors (Lipinski definition) is 1. The van der Waals surface area contributed by atoms with Crippen LogP contribution in [-0.4, -0.2) is 81.7 Å². The monoisotopic (exact) mass is 420 g/mol. The third-order valence-corrected chi connectivity index (χ3v) is 7.63. The Kier molecular flexibility index (Phi) is 7.32. The summed E-state index contributed by atoms with van der Waals surface area (Å²) in [6.45, 7) is 10.8. The van der Waals surface area contributed by atoms with E-state index in [9.17, 15) is 13.2 Å². The van der Waals surface area contributed by atoms with Gasteiger partial charge in [0.15, 0.2) is 0 Å². The van der Waals surface area contributed by atoms with Crippen LogP contribution in [0.4, 0.5) is 5.69 Å². The molecule has 1 amide bonds. The van der Waals surface area contributed by atoms with Crippen molar-refractivity contribution in [1.82, 2.24) is 15.1 Å². The zero-order valence-corrected chi connectivity index (χ0v) is 18.2. The quantitative estimate of drug-likeness (QED) is 0.675. The number of piperazine rings is 1. The van der Waals surface area contributed by atoms with Gasteiger partial charge in [0.1, 0.15) is 0 Å². The second kappa shape index (κ2) is 9.73. The maximum atomic E-state index is 12.2. The first-order valence-electron chi connectivity index (χ1n) is 10.4. The van der Waals surface area contributed by atoms with E-state index < -0.39 is 10.0 Å². The first-order valence-corrected chi connectivity index (χ1v) is 12.0. The summed E-state index contributed by atoms with van der Waals surface area (Å²) in [5.74, 6) is 0.0943. The molecule has 1 aromatic rings. The van der Waals surface area contributed by atoms with Crippen LogP contribution in [0, 0.1) is 0 Å². The van der Waals surface area contributed by atoms with E-state index in [1.54, 1.807) is 18.2 Å². The Hall–Kier alpha value is -1.90. The number of anilines is 1. The Morgan fingerprint density at radius 3 is 2.41 bits per heavy atom. The van der Waals surface area contributed by atoms with Gasteiger partial charge in [-0.3, -0.25) is 14.0 Å². The standard InChI is InChI=1S/C21H32N4O3S/c1-3-23-12-14-24(15-13-23)18(2)17-22-21(26)10-7-19-5-8-20(9-6-19)25-11-4-16-29(25,27)28/h5-10,18H,3-4,11-17H2,1-2H3,(H,22,26)/b10-7+. The Balaban J connectivity index is 1.45. The van der Waals surface area contributed by atoms with E-state index in [1.807, 2.05) is 12.1 Å². The summed E-state index contributed by atoms with van der Waals surface area (Å²) in [7, 11) is -3.16. The fourth-order valence-electron chi connectivity index (χ4n) is 3.81. The molecule has 2 fully saturated rings. The zero-order chi connectivity index (χ0) is 20.9. The van der Waals surface area contributed by atoms with Gasteiger partial charge in [0.05, 0.1) is 11.4 Å². The Morgan fingerprint density at radius 1 is 1.14 bits per heavy atom. The SMILES string of the molecule is CCN1CCN(C(C)CNC(=O)/C=C/c2ccc(N3CCCS3(=O)=O)cc2)CC1. The highest BCUT2D eigenvalue weighted by Crippen LogP contribution is 2.24. The molecule has 2 heterocycles. The molecule has 7 nitrogen and oxygen atoms in total. The van der Waals surface area contributed by atoms with E-state index in [4.69, 9.17) is 0 Å². The highest BCUT2D eigenvalue weighted by molar-refractivity contribution is 7.93. The van der Waals surface area contributed by atoms with Crippen LogP contribution in [0.25, 0.3) is 6.08 Å².